The normalized spacial score (nSPS) is 13.6. The summed E-state index contributed by atoms with van der Waals surface area (Å²) >= 11 is 0. The molecule has 1 heterocycles. The third-order valence-electron chi connectivity index (χ3n) is 3.54. The predicted molar refractivity (Wildman–Crippen MR) is 109 cm³/mol. The average molecular weight is 649 g/mol. The molecule has 199 valence electrons. The molecule has 0 saturated carbocycles. The Morgan fingerprint density at radius 2 is 0.806 bits per heavy atom. The Balaban J connectivity index is 0. The van der Waals surface area contributed by atoms with Gasteiger partial charge in [0, 0.05) is 35.6 Å². The summed E-state index contributed by atoms with van der Waals surface area (Å²) in [6, 6.07) is 12.0. The summed E-state index contributed by atoms with van der Waals surface area (Å²) < 4.78 is 28.2. The molecule has 0 saturated heterocycles. The number of benzene rings is 2. The first-order chi connectivity index (χ1) is 16.6. The summed E-state index contributed by atoms with van der Waals surface area (Å²) in [5, 5.41) is 39.7. The molecule has 17 nitrogen and oxygen atoms in total. The van der Waals surface area contributed by atoms with Crippen LogP contribution in [0.2, 0.25) is 0 Å². The maximum atomic E-state index is 8.47. The molecular weight excluding hydrogens is 621 g/mol. The van der Waals surface area contributed by atoms with E-state index >= 15 is 0 Å². The summed E-state index contributed by atoms with van der Waals surface area (Å²) in [5.74, 6) is 1.62. The van der Waals surface area contributed by atoms with Gasteiger partial charge < -0.3 is 23.7 Å². The Bertz CT molecular complexity index is 815. The van der Waals surface area contributed by atoms with Gasteiger partial charge in [0.25, 0.3) is 0 Å². The van der Waals surface area contributed by atoms with Crippen LogP contribution >= 0.6 is 0 Å². The van der Waals surface area contributed by atoms with Crippen molar-refractivity contribution in [1.82, 2.24) is 0 Å². The van der Waals surface area contributed by atoms with Crippen LogP contribution in [-0.4, -0.2) is 99.4 Å². The first-order valence-corrected chi connectivity index (χ1v) is 9.70. The van der Waals surface area contributed by atoms with Crippen LogP contribution in [-0.2, 0) is 14.2 Å². The van der Waals surface area contributed by atoms with Gasteiger partial charge in [0.1, 0.15) is 39.4 Å². The van der Waals surface area contributed by atoms with Gasteiger partial charge in [-0.15, -0.1) is 0 Å². The summed E-state index contributed by atoms with van der Waals surface area (Å²) in [7, 11) is 0. The monoisotopic (exact) mass is 649 g/mol. The zero-order valence-corrected chi connectivity index (χ0v) is 22.6. The molecule has 1 radical (unpaired) electrons. The van der Waals surface area contributed by atoms with E-state index in [9.17, 15) is 0 Å². The average Bonchev–Trinajstić information content (AvgIpc) is 2.75. The molecule has 0 spiro atoms. The molecule has 6 N–H and O–H groups in total. The Labute approximate surface area is 231 Å². The Morgan fingerprint density at radius 3 is 1.11 bits per heavy atom. The van der Waals surface area contributed by atoms with Gasteiger partial charge in [0.05, 0.1) is 45.0 Å². The zero-order valence-electron chi connectivity index (χ0n) is 19.0. The standard InChI is InChI=1S/C18H22O5.La.3H2NO3/c1-3-15-4-2-6-17-18(15)16(5-1)22-13-11-20-9-7-19-8-10-21-12-14-23-17;;3*2-1(3)4/h1-6H,7-14H2;;3*(H2,2,3,4)/q;;3*+1. The van der Waals surface area contributed by atoms with Gasteiger partial charge in [-0.05, 0) is 17.5 Å². The predicted octanol–water partition coefficient (Wildman–Crippen LogP) is 1.29. The van der Waals surface area contributed by atoms with E-state index in [1.165, 1.54) is 0 Å². The topological polar surface area (TPSA) is 228 Å². The van der Waals surface area contributed by atoms with Crippen molar-refractivity contribution in [2.45, 2.75) is 0 Å². The summed E-state index contributed by atoms with van der Waals surface area (Å²) in [4.78, 5) is 25.4. The molecule has 36 heavy (non-hydrogen) atoms. The minimum absolute atomic E-state index is 0. The van der Waals surface area contributed by atoms with E-state index in [0.717, 1.165) is 22.3 Å². The van der Waals surface area contributed by atoms with Crippen molar-refractivity contribution in [1.29, 1.82) is 0 Å². The maximum absolute atomic E-state index is 8.47. The molecular formula is C18H28LaN3O14+3. The fraction of sp³-hybridized carbons (Fsp3) is 0.444. The van der Waals surface area contributed by atoms with E-state index in [1.54, 1.807) is 0 Å². The van der Waals surface area contributed by atoms with Gasteiger partial charge in [-0.1, -0.05) is 24.3 Å². The van der Waals surface area contributed by atoms with E-state index in [0.29, 0.717) is 52.9 Å². The Kier molecular flexibility index (Phi) is 21.9. The molecule has 0 atom stereocenters. The second-order valence-electron chi connectivity index (χ2n) is 5.90. The van der Waals surface area contributed by atoms with Gasteiger partial charge >= 0.3 is 15.3 Å². The smallest absolute Gasteiger partial charge is 0.472 e. The molecule has 1 aliphatic heterocycles. The minimum atomic E-state index is -1.25. The second kappa shape index (κ2) is 22.4. The number of rotatable bonds is 0. The van der Waals surface area contributed by atoms with E-state index < -0.39 is 15.3 Å². The first kappa shape index (κ1) is 35.1. The third kappa shape index (κ3) is 20.4. The van der Waals surface area contributed by atoms with Gasteiger partial charge in [-0.3, -0.25) is 0 Å². The molecule has 0 aliphatic carbocycles. The minimum Gasteiger partial charge on any atom is -0.490 e. The van der Waals surface area contributed by atoms with Crippen LogP contribution in [0.1, 0.15) is 0 Å². The number of hydrogen-bond acceptors (Lipinski definition) is 8. The first-order valence-electron chi connectivity index (χ1n) is 9.70. The molecule has 0 aromatic heterocycles. The molecule has 0 unspecified atom stereocenters. The number of nitrogens with zero attached hydrogens (tertiary/aromatic N) is 3. The van der Waals surface area contributed by atoms with Crippen LogP contribution in [0.15, 0.2) is 36.4 Å². The zero-order chi connectivity index (χ0) is 26.5. The molecule has 0 fully saturated rings. The van der Waals surface area contributed by atoms with E-state index in [-0.39, 0.29) is 35.6 Å². The fourth-order valence-corrected chi connectivity index (χ4v) is 2.48. The van der Waals surface area contributed by atoms with Gasteiger partial charge in [-0.25, -0.2) is 31.2 Å². The largest absolute Gasteiger partial charge is 0.490 e. The van der Waals surface area contributed by atoms with Crippen LogP contribution in [0, 0.1) is 50.3 Å². The molecule has 2 aromatic carbocycles. The van der Waals surface area contributed by atoms with Crippen molar-refractivity contribution >= 4 is 10.8 Å². The van der Waals surface area contributed by atoms with Crippen molar-refractivity contribution < 1.29 is 106 Å². The van der Waals surface area contributed by atoms with Gasteiger partial charge in [-0.2, -0.15) is 0 Å². The van der Waals surface area contributed by atoms with E-state index in [1.807, 2.05) is 24.3 Å². The molecule has 18 heteroatoms. The number of ether oxygens (including phenoxy) is 5. The van der Waals surface area contributed by atoms with Crippen LogP contribution in [0.4, 0.5) is 0 Å². The summed E-state index contributed by atoms with van der Waals surface area (Å²) in [6.45, 7) is 4.31. The quantitative estimate of drug-likeness (QED) is 0.221. The summed E-state index contributed by atoms with van der Waals surface area (Å²) in [6.07, 6.45) is 0. The third-order valence-corrected chi connectivity index (χ3v) is 3.54. The Morgan fingerprint density at radius 1 is 0.528 bits per heavy atom. The summed E-state index contributed by atoms with van der Waals surface area (Å²) in [5.41, 5.74) is 0. The molecule has 0 bridgehead atoms. The second-order valence-corrected chi connectivity index (χ2v) is 5.90. The molecule has 2 aromatic rings. The fourth-order valence-electron chi connectivity index (χ4n) is 2.48. The van der Waals surface area contributed by atoms with Crippen LogP contribution in [0.5, 0.6) is 11.5 Å². The van der Waals surface area contributed by atoms with Crippen molar-refractivity contribution in [3.05, 3.63) is 51.1 Å². The van der Waals surface area contributed by atoms with Crippen molar-refractivity contribution in [3.63, 3.8) is 0 Å². The number of hydrogen-bond donors (Lipinski definition) is 6. The maximum Gasteiger partial charge on any atom is 0.472 e. The molecule has 1 aliphatic rings. The van der Waals surface area contributed by atoms with Crippen molar-refractivity contribution in [2.75, 3.05) is 52.9 Å². The van der Waals surface area contributed by atoms with Crippen molar-refractivity contribution in [3.8, 4) is 11.5 Å². The molecule has 3 rings (SSSR count). The van der Waals surface area contributed by atoms with Crippen LogP contribution in [0.25, 0.3) is 10.8 Å². The molecule has 0 amide bonds. The Hall–Kier alpha value is -3.03. The van der Waals surface area contributed by atoms with E-state index in [2.05, 4.69) is 12.1 Å². The van der Waals surface area contributed by atoms with Gasteiger partial charge in [0.15, 0.2) is 0 Å². The van der Waals surface area contributed by atoms with Gasteiger partial charge in [0.2, 0.25) is 0 Å². The van der Waals surface area contributed by atoms with Crippen molar-refractivity contribution in [2.24, 2.45) is 0 Å². The van der Waals surface area contributed by atoms with Crippen LogP contribution in [0.3, 0.4) is 0 Å². The van der Waals surface area contributed by atoms with Crippen LogP contribution < -0.4 is 9.47 Å². The SMILES string of the molecule is O=[N+](O)O.O=[N+](O)O.O=[N+](O)O.[La].c1cc2c3c(cccc3c1)OCCOCCOCCOCCO2. The van der Waals surface area contributed by atoms with E-state index in [4.69, 9.17) is 69.6 Å².